The average Bonchev–Trinajstić information content (AvgIpc) is 2.88. The Balaban J connectivity index is 1.98. The van der Waals surface area contributed by atoms with Crippen molar-refractivity contribution >= 4 is 32.9 Å². The van der Waals surface area contributed by atoms with Crippen LogP contribution in [0.2, 0.25) is 0 Å². The molecule has 0 bridgehead atoms. The highest BCUT2D eigenvalue weighted by molar-refractivity contribution is 7.92. The fourth-order valence-electron chi connectivity index (χ4n) is 2.20. The van der Waals surface area contributed by atoms with Gasteiger partial charge in [0.25, 0.3) is 10.0 Å². The number of aryl methyl sites for hydroxylation is 1. The van der Waals surface area contributed by atoms with Gasteiger partial charge in [-0.1, -0.05) is 0 Å². The molecule has 0 aliphatic carbocycles. The first kappa shape index (κ1) is 16.7. The van der Waals surface area contributed by atoms with E-state index in [9.17, 15) is 18.0 Å². The van der Waals surface area contributed by atoms with Crippen LogP contribution in [0.15, 0.2) is 50.6 Å². The number of carbonyl (C=O) groups is 1. The molecule has 0 atom stereocenters. The third-order valence-corrected chi connectivity index (χ3v) is 4.85. The van der Waals surface area contributed by atoms with Gasteiger partial charge in [0.2, 0.25) is 0 Å². The lowest BCUT2D eigenvalue weighted by molar-refractivity contribution is 0.0600. The fraction of sp³-hybridized carbons (Fsp3) is 0.133. The van der Waals surface area contributed by atoms with Crippen LogP contribution in [0.3, 0.4) is 0 Å². The van der Waals surface area contributed by atoms with Gasteiger partial charge in [0.1, 0.15) is 5.82 Å². The molecule has 2 aromatic heterocycles. The molecule has 0 aliphatic heterocycles. The third-order valence-electron chi connectivity index (χ3n) is 3.49. The van der Waals surface area contributed by atoms with E-state index in [2.05, 4.69) is 14.4 Å². The molecule has 1 N–H and O–H groups in total. The maximum Gasteiger partial charge on any atom is 0.419 e. The lowest BCUT2D eigenvalue weighted by atomic mass is 10.3. The van der Waals surface area contributed by atoms with Crippen LogP contribution in [0.1, 0.15) is 10.4 Å². The number of nitrogens with one attached hydrogen (secondary N) is 1. The molecule has 2 heterocycles. The summed E-state index contributed by atoms with van der Waals surface area (Å²) in [6.07, 6.45) is 1.28. The summed E-state index contributed by atoms with van der Waals surface area (Å²) in [7, 11) is -1.29. The minimum atomic E-state index is -3.98. The number of hydrogen-bond acceptors (Lipinski definition) is 7. The van der Waals surface area contributed by atoms with Gasteiger partial charge in [-0.25, -0.2) is 23.0 Å². The van der Waals surface area contributed by atoms with E-state index in [4.69, 9.17) is 4.42 Å². The second-order valence-corrected chi connectivity index (χ2v) is 6.77. The number of ether oxygens (including phenoxy) is 1. The molecule has 0 unspecified atom stereocenters. The molecule has 3 aromatic rings. The Bertz CT molecular complexity index is 1130. The number of aromatic nitrogens is 2. The topological polar surface area (TPSA) is 120 Å². The molecule has 0 aliphatic rings. The quantitative estimate of drug-likeness (QED) is 0.689. The number of nitrogens with zero attached hydrogens (tertiary/aromatic N) is 2. The molecule has 1 aromatic carbocycles. The van der Waals surface area contributed by atoms with Gasteiger partial charge in [0.15, 0.2) is 5.58 Å². The standard InChI is InChI=1S/C15H13N3O6S/c1-18-11-8-10(3-4-12(11)24-15(18)20)25(21,22)17-13-7-9(5-6-16-13)14(19)23-2/h3-8H,1-2H3,(H,16,17). The number of methoxy groups -OCH3 is 1. The van der Waals surface area contributed by atoms with Gasteiger partial charge in [-0.2, -0.15) is 0 Å². The highest BCUT2D eigenvalue weighted by atomic mass is 32.2. The first-order chi connectivity index (χ1) is 11.8. The fourth-order valence-corrected chi connectivity index (χ4v) is 3.22. The van der Waals surface area contributed by atoms with Gasteiger partial charge < -0.3 is 9.15 Å². The van der Waals surface area contributed by atoms with Crippen molar-refractivity contribution in [3.63, 3.8) is 0 Å². The summed E-state index contributed by atoms with van der Waals surface area (Å²) >= 11 is 0. The number of fused-ring (bicyclic) bond motifs is 1. The normalized spacial score (nSPS) is 11.4. The van der Waals surface area contributed by atoms with E-state index in [1.54, 1.807) is 0 Å². The van der Waals surface area contributed by atoms with Crippen molar-refractivity contribution in [1.82, 2.24) is 9.55 Å². The van der Waals surface area contributed by atoms with Gasteiger partial charge in [0, 0.05) is 13.2 Å². The summed E-state index contributed by atoms with van der Waals surface area (Å²) in [5.74, 6) is -1.24. The summed E-state index contributed by atoms with van der Waals surface area (Å²) in [5.41, 5.74) is 0.768. The van der Waals surface area contributed by atoms with Crippen LogP contribution < -0.4 is 10.5 Å². The molecule has 0 amide bonds. The second-order valence-electron chi connectivity index (χ2n) is 5.08. The SMILES string of the molecule is COC(=O)c1ccnc(NS(=O)(=O)c2ccc3oc(=O)n(C)c3c2)c1. The van der Waals surface area contributed by atoms with Crippen molar-refractivity contribution in [3.8, 4) is 0 Å². The predicted octanol–water partition coefficient (Wildman–Crippen LogP) is 1.11. The van der Waals surface area contributed by atoms with Crippen molar-refractivity contribution in [3.05, 3.63) is 52.6 Å². The van der Waals surface area contributed by atoms with Crippen molar-refractivity contribution in [2.24, 2.45) is 7.05 Å². The molecular weight excluding hydrogens is 350 g/mol. The van der Waals surface area contributed by atoms with E-state index < -0.39 is 21.7 Å². The molecule has 3 rings (SSSR count). The minimum absolute atomic E-state index is 0.0379. The van der Waals surface area contributed by atoms with Crippen LogP contribution in [-0.2, 0) is 21.8 Å². The van der Waals surface area contributed by atoms with Crippen LogP contribution >= 0.6 is 0 Å². The first-order valence-corrected chi connectivity index (χ1v) is 8.47. The Morgan fingerprint density at radius 3 is 2.76 bits per heavy atom. The highest BCUT2D eigenvalue weighted by Crippen LogP contribution is 2.20. The smallest absolute Gasteiger partial charge is 0.419 e. The first-order valence-electron chi connectivity index (χ1n) is 6.98. The molecule has 130 valence electrons. The van der Waals surface area contributed by atoms with Crippen molar-refractivity contribution in [2.75, 3.05) is 11.8 Å². The zero-order valence-electron chi connectivity index (χ0n) is 13.2. The Morgan fingerprint density at radius 2 is 2.04 bits per heavy atom. The zero-order valence-corrected chi connectivity index (χ0v) is 14.0. The van der Waals surface area contributed by atoms with Gasteiger partial charge in [-0.05, 0) is 30.3 Å². The molecule has 0 spiro atoms. The largest absolute Gasteiger partial charge is 0.465 e. The van der Waals surface area contributed by atoms with E-state index in [0.717, 1.165) is 0 Å². The van der Waals surface area contributed by atoms with Crippen LogP contribution in [0.25, 0.3) is 11.1 Å². The number of esters is 1. The molecule has 0 saturated carbocycles. The van der Waals surface area contributed by atoms with E-state index >= 15 is 0 Å². The molecule has 25 heavy (non-hydrogen) atoms. The highest BCUT2D eigenvalue weighted by Gasteiger charge is 2.18. The number of anilines is 1. The molecule has 0 saturated heterocycles. The zero-order chi connectivity index (χ0) is 18.2. The van der Waals surface area contributed by atoms with Gasteiger partial charge in [0.05, 0.1) is 23.1 Å². The maximum absolute atomic E-state index is 12.5. The summed E-state index contributed by atoms with van der Waals surface area (Å²) in [6, 6.07) is 6.67. The van der Waals surface area contributed by atoms with E-state index in [1.807, 2.05) is 0 Å². The van der Waals surface area contributed by atoms with E-state index in [1.165, 1.54) is 55.3 Å². The van der Waals surface area contributed by atoms with Gasteiger partial charge in [-0.15, -0.1) is 0 Å². The van der Waals surface area contributed by atoms with E-state index in [0.29, 0.717) is 5.52 Å². The van der Waals surface area contributed by atoms with Crippen LogP contribution in [0.4, 0.5) is 5.82 Å². The second kappa shape index (κ2) is 6.06. The summed E-state index contributed by atoms with van der Waals surface area (Å²) in [5, 5.41) is 0. The predicted molar refractivity (Wildman–Crippen MR) is 87.8 cm³/mol. The average molecular weight is 363 g/mol. The van der Waals surface area contributed by atoms with Crippen molar-refractivity contribution in [1.29, 1.82) is 0 Å². The van der Waals surface area contributed by atoms with E-state index in [-0.39, 0.29) is 21.9 Å². The van der Waals surface area contributed by atoms with Crippen LogP contribution in [0, 0.1) is 0 Å². The summed E-state index contributed by atoms with van der Waals surface area (Å²) in [4.78, 5) is 26.8. The molecular formula is C15H13N3O6S. The molecule has 0 radical (unpaired) electrons. The molecule has 10 heteroatoms. The Kier molecular flexibility index (Phi) is 4.05. The Labute approximate surface area is 141 Å². The van der Waals surface area contributed by atoms with Crippen molar-refractivity contribution in [2.45, 2.75) is 4.90 Å². The van der Waals surface area contributed by atoms with Crippen LogP contribution in [-0.4, -0.2) is 31.0 Å². The third kappa shape index (κ3) is 3.11. The maximum atomic E-state index is 12.5. The Hall–Kier alpha value is -3.14. The molecule has 9 nitrogen and oxygen atoms in total. The number of hydrogen-bond donors (Lipinski definition) is 1. The number of carbonyl (C=O) groups excluding carboxylic acids is 1. The monoisotopic (exact) mass is 363 g/mol. The lowest BCUT2D eigenvalue weighted by Gasteiger charge is -2.08. The number of sulfonamides is 1. The van der Waals surface area contributed by atoms with Gasteiger partial charge in [-0.3, -0.25) is 9.29 Å². The number of rotatable bonds is 4. The number of oxazole rings is 1. The summed E-state index contributed by atoms with van der Waals surface area (Å²) < 4.78 is 38.1. The summed E-state index contributed by atoms with van der Waals surface area (Å²) in [6.45, 7) is 0. The van der Waals surface area contributed by atoms with Crippen LogP contribution in [0.5, 0.6) is 0 Å². The van der Waals surface area contributed by atoms with Crippen molar-refractivity contribution < 1.29 is 22.4 Å². The lowest BCUT2D eigenvalue weighted by Crippen LogP contribution is -2.15. The number of pyridine rings is 1. The minimum Gasteiger partial charge on any atom is -0.465 e. The number of benzene rings is 1. The Morgan fingerprint density at radius 1 is 1.28 bits per heavy atom. The molecule has 0 fully saturated rings. The van der Waals surface area contributed by atoms with Gasteiger partial charge >= 0.3 is 11.7 Å².